The molecule has 158 valence electrons. The van der Waals surface area contributed by atoms with Crippen molar-refractivity contribution in [3.05, 3.63) is 69.2 Å². The van der Waals surface area contributed by atoms with E-state index >= 15 is 0 Å². The minimum atomic E-state index is -0.258. The molecule has 31 heavy (non-hydrogen) atoms. The Bertz CT molecular complexity index is 1220. The molecule has 1 aliphatic rings. The Morgan fingerprint density at radius 3 is 2.55 bits per heavy atom. The van der Waals surface area contributed by atoms with Crippen LogP contribution in [-0.2, 0) is 4.79 Å². The molecule has 2 aromatic carbocycles. The van der Waals surface area contributed by atoms with Crippen LogP contribution in [0.15, 0.2) is 57.9 Å². The van der Waals surface area contributed by atoms with Crippen molar-refractivity contribution in [2.24, 2.45) is 0 Å². The normalized spacial score (nSPS) is 15.1. The van der Waals surface area contributed by atoms with Gasteiger partial charge in [-0.1, -0.05) is 47.2 Å². The number of ether oxygens (including phenoxy) is 2. The molecule has 0 N–H and O–H groups in total. The van der Waals surface area contributed by atoms with Crippen molar-refractivity contribution in [1.82, 2.24) is 0 Å². The number of thioether (sulfide) groups is 1. The molecule has 3 aromatic rings. The molecule has 9 heteroatoms. The highest BCUT2D eigenvalue weighted by atomic mass is 35.5. The Kier molecular flexibility index (Phi) is 6.29. The van der Waals surface area contributed by atoms with Gasteiger partial charge >= 0.3 is 0 Å². The first-order chi connectivity index (χ1) is 14.9. The third-order valence-corrected chi connectivity index (χ3v) is 6.57. The Morgan fingerprint density at radius 1 is 1.03 bits per heavy atom. The standard InChI is InChI=1S/C22H15Cl2NO4S2/c1-27-13-4-7-17(19(10-13)28-2)25-21(26)20(31-22(25)30)11-14-5-8-18(29-14)12-3-6-15(23)16(24)9-12/h3-11H,1-2H3/b20-11+. The van der Waals surface area contributed by atoms with Gasteiger partial charge in [0.05, 0.1) is 34.9 Å². The fourth-order valence-corrected chi connectivity index (χ4v) is 4.57. The summed E-state index contributed by atoms with van der Waals surface area (Å²) in [7, 11) is 3.09. The van der Waals surface area contributed by atoms with Gasteiger partial charge in [-0.25, -0.2) is 0 Å². The number of benzene rings is 2. The average Bonchev–Trinajstić information content (AvgIpc) is 3.34. The maximum atomic E-state index is 13.1. The fourth-order valence-electron chi connectivity index (χ4n) is 3.01. The minimum absolute atomic E-state index is 0.258. The molecule has 0 unspecified atom stereocenters. The number of thiocarbonyl (C=S) groups is 1. The molecule has 1 fully saturated rings. The van der Waals surface area contributed by atoms with E-state index in [1.54, 1.807) is 55.7 Å². The lowest BCUT2D eigenvalue weighted by atomic mass is 10.2. The van der Waals surface area contributed by atoms with Crippen LogP contribution in [0.5, 0.6) is 11.5 Å². The number of methoxy groups -OCH3 is 2. The van der Waals surface area contributed by atoms with Crippen LogP contribution in [-0.4, -0.2) is 24.4 Å². The number of amides is 1. The summed E-state index contributed by atoms with van der Waals surface area (Å²) in [6, 6.07) is 14.0. The lowest BCUT2D eigenvalue weighted by Gasteiger charge is -2.18. The number of rotatable bonds is 5. The predicted molar refractivity (Wildman–Crippen MR) is 129 cm³/mol. The molecule has 1 saturated heterocycles. The van der Waals surface area contributed by atoms with Crippen LogP contribution in [0.2, 0.25) is 10.0 Å². The SMILES string of the molecule is COc1ccc(N2C(=O)/C(=C\c3ccc(-c4ccc(Cl)c(Cl)c4)o3)SC2=S)c(OC)c1. The molecule has 4 rings (SSSR count). The summed E-state index contributed by atoms with van der Waals surface area (Å²) in [5, 5.41) is 0.904. The second kappa shape index (κ2) is 8.96. The highest BCUT2D eigenvalue weighted by molar-refractivity contribution is 8.27. The molecule has 2 heterocycles. The first kappa shape index (κ1) is 21.8. The first-order valence-corrected chi connectivity index (χ1v) is 10.9. The molecule has 0 atom stereocenters. The third kappa shape index (κ3) is 4.32. The topological polar surface area (TPSA) is 51.9 Å². The lowest BCUT2D eigenvalue weighted by Crippen LogP contribution is -2.27. The summed E-state index contributed by atoms with van der Waals surface area (Å²) in [5.41, 5.74) is 1.33. The Hall–Kier alpha value is -2.45. The average molecular weight is 492 g/mol. The summed E-state index contributed by atoms with van der Waals surface area (Å²) >= 11 is 18.7. The van der Waals surface area contributed by atoms with E-state index in [0.717, 1.165) is 5.56 Å². The fraction of sp³-hybridized carbons (Fsp3) is 0.0909. The van der Waals surface area contributed by atoms with E-state index in [4.69, 9.17) is 49.3 Å². The third-order valence-electron chi connectivity index (χ3n) is 4.53. The quantitative estimate of drug-likeness (QED) is 0.293. The van der Waals surface area contributed by atoms with E-state index < -0.39 is 0 Å². The maximum Gasteiger partial charge on any atom is 0.271 e. The molecule has 1 aromatic heterocycles. The number of hydrogen-bond donors (Lipinski definition) is 0. The van der Waals surface area contributed by atoms with Gasteiger partial charge in [0.15, 0.2) is 4.32 Å². The molecule has 0 aliphatic carbocycles. The number of halogens is 2. The molecule has 1 amide bonds. The molecule has 0 radical (unpaired) electrons. The van der Waals surface area contributed by atoms with Crippen molar-refractivity contribution in [3.8, 4) is 22.8 Å². The number of furan rings is 1. The second-order valence-electron chi connectivity index (χ2n) is 6.39. The summed E-state index contributed by atoms with van der Waals surface area (Å²) < 4.78 is 16.9. The van der Waals surface area contributed by atoms with E-state index in [2.05, 4.69) is 0 Å². The Balaban J connectivity index is 1.62. The summed E-state index contributed by atoms with van der Waals surface area (Å²) in [6.45, 7) is 0. The van der Waals surface area contributed by atoms with Gasteiger partial charge in [-0.15, -0.1) is 0 Å². The zero-order valence-corrected chi connectivity index (χ0v) is 19.5. The van der Waals surface area contributed by atoms with Gasteiger partial charge in [-0.2, -0.15) is 0 Å². The Morgan fingerprint density at radius 2 is 1.84 bits per heavy atom. The highest BCUT2D eigenvalue weighted by Gasteiger charge is 2.35. The highest BCUT2D eigenvalue weighted by Crippen LogP contribution is 2.41. The van der Waals surface area contributed by atoms with E-state index in [1.807, 2.05) is 6.07 Å². The van der Waals surface area contributed by atoms with Crippen molar-refractivity contribution in [2.75, 3.05) is 19.1 Å². The van der Waals surface area contributed by atoms with Gasteiger partial charge in [-0.05, 0) is 42.5 Å². The molecular weight excluding hydrogens is 477 g/mol. The Labute approximate surface area is 198 Å². The van der Waals surface area contributed by atoms with Crippen molar-refractivity contribution >= 4 is 69.2 Å². The molecule has 0 bridgehead atoms. The van der Waals surface area contributed by atoms with Crippen molar-refractivity contribution < 1.29 is 18.7 Å². The molecule has 0 saturated carbocycles. The van der Waals surface area contributed by atoms with Crippen molar-refractivity contribution in [3.63, 3.8) is 0 Å². The molecule has 1 aliphatic heterocycles. The van der Waals surface area contributed by atoms with E-state index in [-0.39, 0.29) is 5.91 Å². The minimum Gasteiger partial charge on any atom is -0.497 e. The summed E-state index contributed by atoms with van der Waals surface area (Å²) in [6.07, 6.45) is 1.66. The van der Waals surface area contributed by atoms with Crippen LogP contribution in [0, 0.1) is 0 Å². The van der Waals surface area contributed by atoms with E-state index in [9.17, 15) is 4.79 Å². The molecular formula is C22H15Cl2NO4S2. The van der Waals surface area contributed by atoms with Crippen molar-refractivity contribution in [2.45, 2.75) is 0 Å². The van der Waals surface area contributed by atoms with Crippen LogP contribution in [0.4, 0.5) is 5.69 Å². The zero-order valence-electron chi connectivity index (χ0n) is 16.3. The number of hydrogen-bond acceptors (Lipinski definition) is 6. The molecule has 0 spiro atoms. The van der Waals surface area contributed by atoms with Gasteiger partial charge in [0.25, 0.3) is 5.91 Å². The van der Waals surface area contributed by atoms with Gasteiger partial charge < -0.3 is 13.9 Å². The van der Waals surface area contributed by atoms with Crippen LogP contribution in [0.1, 0.15) is 5.76 Å². The van der Waals surface area contributed by atoms with Gasteiger partial charge in [0.2, 0.25) is 0 Å². The number of nitrogens with zero attached hydrogens (tertiary/aromatic N) is 1. The number of anilines is 1. The lowest BCUT2D eigenvalue weighted by molar-refractivity contribution is -0.113. The largest absolute Gasteiger partial charge is 0.497 e. The van der Waals surface area contributed by atoms with Gasteiger partial charge in [-0.3, -0.25) is 9.69 Å². The smallest absolute Gasteiger partial charge is 0.271 e. The first-order valence-electron chi connectivity index (χ1n) is 8.96. The van der Waals surface area contributed by atoms with Crippen LogP contribution in [0.25, 0.3) is 17.4 Å². The number of carbonyl (C=O) groups is 1. The van der Waals surface area contributed by atoms with Gasteiger partial charge in [0, 0.05) is 17.7 Å². The second-order valence-corrected chi connectivity index (χ2v) is 8.88. The summed E-state index contributed by atoms with van der Waals surface area (Å²) in [5.74, 6) is 1.97. The van der Waals surface area contributed by atoms with Crippen LogP contribution in [0.3, 0.4) is 0 Å². The summed E-state index contributed by atoms with van der Waals surface area (Å²) in [4.78, 5) is 15.0. The molecule has 5 nitrogen and oxygen atoms in total. The van der Waals surface area contributed by atoms with Crippen LogP contribution < -0.4 is 14.4 Å². The monoisotopic (exact) mass is 491 g/mol. The maximum absolute atomic E-state index is 13.1. The number of carbonyl (C=O) groups excluding carboxylic acids is 1. The van der Waals surface area contributed by atoms with E-state index in [0.29, 0.717) is 48.0 Å². The van der Waals surface area contributed by atoms with Crippen LogP contribution >= 0.6 is 47.2 Å². The predicted octanol–water partition coefficient (Wildman–Crippen LogP) is 6.68. The zero-order chi connectivity index (χ0) is 22.1. The van der Waals surface area contributed by atoms with E-state index in [1.165, 1.54) is 23.8 Å². The van der Waals surface area contributed by atoms with Crippen molar-refractivity contribution in [1.29, 1.82) is 0 Å². The van der Waals surface area contributed by atoms with Gasteiger partial charge in [0.1, 0.15) is 23.0 Å².